The van der Waals surface area contributed by atoms with E-state index in [9.17, 15) is 19.2 Å². The van der Waals surface area contributed by atoms with Crippen LogP contribution in [0, 0.1) is 0 Å². The molecule has 0 heterocycles. The molecule has 0 aromatic carbocycles. The molecule has 0 bridgehead atoms. The molecule has 0 spiro atoms. The van der Waals surface area contributed by atoms with Crippen LogP contribution in [0.3, 0.4) is 0 Å². The monoisotopic (exact) mass is 321 g/mol. The molecule has 10 heteroatoms. The summed E-state index contributed by atoms with van der Waals surface area (Å²) in [6, 6.07) is -2.29. The molecule has 2 amide bonds. The molecule has 0 rings (SSSR count). The predicted molar refractivity (Wildman–Crippen MR) is 75.8 cm³/mol. The molecule has 0 aliphatic rings. The number of thioether (sulfide) groups is 1. The predicted octanol–water partition coefficient (Wildman–Crippen LogP) is -1.77. The summed E-state index contributed by atoms with van der Waals surface area (Å²) in [7, 11) is 0. The Morgan fingerprint density at radius 1 is 1.24 bits per heavy atom. The number of aliphatic carboxylic acids is 2. The van der Waals surface area contributed by atoms with Gasteiger partial charge >= 0.3 is 11.9 Å². The Morgan fingerprint density at radius 2 is 1.86 bits per heavy atom. The molecule has 0 saturated heterocycles. The number of hydrogen-bond acceptors (Lipinski definition) is 6. The quantitative estimate of drug-likeness (QED) is 0.316. The van der Waals surface area contributed by atoms with Gasteiger partial charge < -0.3 is 26.6 Å². The van der Waals surface area contributed by atoms with Gasteiger partial charge in [-0.2, -0.15) is 11.8 Å². The summed E-state index contributed by atoms with van der Waals surface area (Å²) in [6.07, 6.45) is 1.57. The number of rotatable bonds is 10. The molecule has 2 atom stereocenters. The molecule has 0 aromatic rings. The minimum absolute atomic E-state index is 0.450. The Labute approximate surface area is 125 Å². The number of nitrogens with one attached hydrogen (secondary N) is 2. The first-order valence-electron chi connectivity index (χ1n) is 6.04. The van der Waals surface area contributed by atoms with Crippen molar-refractivity contribution in [3.8, 4) is 0 Å². The van der Waals surface area contributed by atoms with Crippen molar-refractivity contribution in [3.63, 3.8) is 0 Å². The number of amides is 2. The summed E-state index contributed by atoms with van der Waals surface area (Å²) in [6.45, 7) is -0.463. The van der Waals surface area contributed by atoms with Gasteiger partial charge in [0.05, 0.1) is 19.0 Å². The number of carbonyl (C=O) groups is 4. The largest absolute Gasteiger partial charge is 0.481 e. The van der Waals surface area contributed by atoms with Crippen LogP contribution in [-0.2, 0) is 19.2 Å². The van der Waals surface area contributed by atoms with Gasteiger partial charge in [-0.1, -0.05) is 0 Å². The first-order chi connectivity index (χ1) is 9.77. The number of carboxylic acids is 2. The number of carbonyl (C=O) groups excluding carboxylic acids is 2. The highest BCUT2D eigenvalue weighted by Gasteiger charge is 2.23. The molecular weight excluding hydrogens is 302 g/mol. The lowest BCUT2D eigenvalue weighted by Gasteiger charge is -2.14. The van der Waals surface area contributed by atoms with E-state index in [1.165, 1.54) is 11.8 Å². The van der Waals surface area contributed by atoms with Crippen molar-refractivity contribution in [2.24, 2.45) is 5.73 Å². The van der Waals surface area contributed by atoms with Crippen molar-refractivity contribution in [3.05, 3.63) is 0 Å². The molecule has 0 saturated carbocycles. The molecule has 0 aromatic heterocycles. The normalized spacial score (nSPS) is 13.0. The van der Waals surface area contributed by atoms with Gasteiger partial charge in [0.25, 0.3) is 0 Å². The zero-order valence-electron chi connectivity index (χ0n) is 11.5. The second-order valence-electron chi connectivity index (χ2n) is 4.16. The van der Waals surface area contributed by atoms with Crippen molar-refractivity contribution in [2.45, 2.75) is 24.9 Å². The van der Waals surface area contributed by atoms with E-state index >= 15 is 0 Å². The van der Waals surface area contributed by atoms with E-state index in [2.05, 4.69) is 5.32 Å². The van der Waals surface area contributed by atoms with E-state index in [0.29, 0.717) is 12.2 Å². The van der Waals surface area contributed by atoms with E-state index in [1.54, 1.807) is 0 Å². The summed E-state index contributed by atoms with van der Waals surface area (Å²) in [5.74, 6) is -3.45. The lowest BCUT2D eigenvalue weighted by molar-refractivity contribution is -0.147. The zero-order chi connectivity index (χ0) is 16.4. The standard InChI is InChI=1S/C11H19N3O6S/c1-21-3-2-6(12)10(18)13-5-8(15)14-7(11(19)20)4-9(16)17/h6-7H,2-5,12H2,1H3,(H,13,18)(H,14,15)(H,16,17)(H,19,20). The maximum absolute atomic E-state index is 11.5. The molecule has 0 radical (unpaired) electrons. The van der Waals surface area contributed by atoms with E-state index < -0.39 is 48.8 Å². The fourth-order valence-corrected chi connectivity index (χ4v) is 1.78. The Morgan fingerprint density at radius 3 is 2.33 bits per heavy atom. The van der Waals surface area contributed by atoms with Crippen LogP contribution < -0.4 is 16.4 Å². The summed E-state index contributed by atoms with van der Waals surface area (Å²) in [5, 5.41) is 21.5. The number of carboxylic acid groups (broad SMARTS) is 2. The number of nitrogens with two attached hydrogens (primary N) is 1. The summed E-state index contributed by atoms with van der Waals surface area (Å²) < 4.78 is 0. The summed E-state index contributed by atoms with van der Waals surface area (Å²) >= 11 is 1.53. The van der Waals surface area contributed by atoms with Crippen LogP contribution in [0.5, 0.6) is 0 Å². The first-order valence-corrected chi connectivity index (χ1v) is 7.43. The summed E-state index contributed by atoms with van der Waals surface area (Å²) in [5.41, 5.74) is 5.58. The minimum atomic E-state index is -1.54. The maximum atomic E-state index is 11.5. The highest BCUT2D eigenvalue weighted by atomic mass is 32.2. The van der Waals surface area contributed by atoms with Crippen LogP contribution in [0.25, 0.3) is 0 Å². The van der Waals surface area contributed by atoms with Crippen LogP contribution in [0.4, 0.5) is 0 Å². The third-order valence-corrected chi connectivity index (χ3v) is 3.05. The van der Waals surface area contributed by atoms with Crippen molar-refractivity contribution in [1.82, 2.24) is 10.6 Å². The second kappa shape index (κ2) is 10.00. The average Bonchev–Trinajstić information content (AvgIpc) is 2.40. The smallest absolute Gasteiger partial charge is 0.326 e. The Hall–Kier alpha value is -1.81. The van der Waals surface area contributed by atoms with Crippen molar-refractivity contribution < 1.29 is 29.4 Å². The van der Waals surface area contributed by atoms with Crippen LogP contribution in [0.2, 0.25) is 0 Å². The van der Waals surface area contributed by atoms with Crippen molar-refractivity contribution >= 4 is 35.5 Å². The molecule has 0 aliphatic heterocycles. The van der Waals surface area contributed by atoms with Gasteiger partial charge in [0.1, 0.15) is 6.04 Å². The molecular formula is C11H19N3O6S. The van der Waals surface area contributed by atoms with Crippen LogP contribution in [0.1, 0.15) is 12.8 Å². The Bertz CT molecular complexity index is 403. The van der Waals surface area contributed by atoms with E-state index in [-0.39, 0.29) is 0 Å². The van der Waals surface area contributed by atoms with E-state index in [4.69, 9.17) is 15.9 Å². The highest BCUT2D eigenvalue weighted by Crippen LogP contribution is 1.98. The van der Waals surface area contributed by atoms with Gasteiger partial charge in [-0.25, -0.2) is 4.79 Å². The van der Waals surface area contributed by atoms with Crippen molar-refractivity contribution in [1.29, 1.82) is 0 Å². The molecule has 6 N–H and O–H groups in total. The molecule has 120 valence electrons. The Balaban J connectivity index is 4.21. The SMILES string of the molecule is CSCCC(N)C(=O)NCC(=O)NC(CC(=O)O)C(=O)O. The lowest BCUT2D eigenvalue weighted by atomic mass is 10.2. The third kappa shape index (κ3) is 8.87. The summed E-state index contributed by atoms with van der Waals surface area (Å²) in [4.78, 5) is 44.2. The van der Waals surface area contributed by atoms with Crippen LogP contribution >= 0.6 is 11.8 Å². The minimum Gasteiger partial charge on any atom is -0.481 e. The van der Waals surface area contributed by atoms with Crippen LogP contribution in [-0.4, -0.2) is 64.6 Å². The zero-order valence-corrected chi connectivity index (χ0v) is 12.3. The number of hydrogen-bond donors (Lipinski definition) is 5. The molecule has 2 unspecified atom stereocenters. The van der Waals surface area contributed by atoms with Gasteiger partial charge in [0.15, 0.2) is 0 Å². The van der Waals surface area contributed by atoms with E-state index in [0.717, 1.165) is 0 Å². The molecule has 0 fully saturated rings. The van der Waals surface area contributed by atoms with Gasteiger partial charge in [-0.15, -0.1) is 0 Å². The lowest BCUT2D eigenvalue weighted by Crippen LogP contribution is -2.49. The average molecular weight is 321 g/mol. The third-order valence-electron chi connectivity index (χ3n) is 2.40. The van der Waals surface area contributed by atoms with Gasteiger partial charge in [0, 0.05) is 0 Å². The fraction of sp³-hybridized carbons (Fsp3) is 0.636. The van der Waals surface area contributed by atoms with Crippen molar-refractivity contribution in [2.75, 3.05) is 18.6 Å². The molecule has 0 aliphatic carbocycles. The molecule has 21 heavy (non-hydrogen) atoms. The highest BCUT2D eigenvalue weighted by molar-refractivity contribution is 7.98. The van der Waals surface area contributed by atoms with Gasteiger partial charge in [-0.3, -0.25) is 14.4 Å². The molecule has 9 nitrogen and oxygen atoms in total. The van der Waals surface area contributed by atoms with Gasteiger partial charge in [0.2, 0.25) is 11.8 Å². The second-order valence-corrected chi connectivity index (χ2v) is 5.15. The maximum Gasteiger partial charge on any atom is 0.326 e. The Kier molecular flexibility index (Phi) is 9.13. The first kappa shape index (κ1) is 19.2. The topological polar surface area (TPSA) is 159 Å². The fourth-order valence-electron chi connectivity index (χ4n) is 1.29. The van der Waals surface area contributed by atoms with Gasteiger partial charge in [-0.05, 0) is 18.4 Å². The van der Waals surface area contributed by atoms with Crippen LogP contribution in [0.15, 0.2) is 0 Å². The van der Waals surface area contributed by atoms with E-state index in [1.807, 2.05) is 11.6 Å².